The number of nitrogens with zero attached hydrogens (tertiary/aromatic N) is 6. The van der Waals surface area contributed by atoms with E-state index in [-0.39, 0.29) is 11.0 Å². The average molecular weight is 519 g/mol. The van der Waals surface area contributed by atoms with E-state index in [0.717, 1.165) is 101 Å². The molecule has 204 valence electrons. The zero-order valence-electron chi connectivity index (χ0n) is 22.9. The minimum absolute atomic E-state index is 0.0632. The number of carbonyl (C=O) groups excluding carboxylic acids is 1. The second kappa shape index (κ2) is 9.63. The summed E-state index contributed by atoms with van der Waals surface area (Å²) in [6.07, 6.45) is 13.2. The number of benzene rings is 1. The predicted octanol–water partition coefficient (Wildman–Crippen LogP) is 3.77. The molecule has 0 spiro atoms. The molecular weight excluding hydrogens is 476 g/mol. The molecule has 2 aliphatic heterocycles. The molecule has 2 saturated heterocycles. The summed E-state index contributed by atoms with van der Waals surface area (Å²) in [4.78, 5) is 21.2. The van der Waals surface area contributed by atoms with Gasteiger partial charge in [-0.2, -0.15) is 0 Å². The van der Waals surface area contributed by atoms with Crippen LogP contribution in [0.3, 0.4) is 0 Å². The number of likely N-dealkylation sites (N-methyl/N-ethyl adjacent to an activating group) is 1. The van der Waals surface area contributed by atoms with Crippen molar-refractivity contribution in [3.8, 4) is 17.0 Å². The lowest BCUT2D eigenvalue weighted by atomic mass is 9.82. The summed E-state index contributed by atoms with van der Waals surface area (Å²) in [5, 5.41) is 9.15. The lowest BCUT2D eigenvalue weighted by molar-refractivity contribution is -0.143. The highest BCUT2D eigenvalue weighted by atomic mass is 16.5. The molecule has 3 aliphatic carbocycles. The molecule has 1 amide bonds. The largest absolute Gasteiger partial charge is 0.490 e. The molecule has 8 nitrogen and oxygen atoms in total. The van der Waals surface area contributed by atoms with Gasteiger partial charge in [0.05, 0.1) is 23.3 Å². The minimum Gasteiger partial charge on any atom is -0.490 e. The van der Waals surface area contributed by atoms with Crippen LogP contribution in [-0.2, 0) is 10.3 Å². The third kappa shape index (κ3) is 4.34. The molecule has 38 heavy (non-hydrogen) atoms. The van der Waals surface area contributed by atoms with Crippen molar-refractivity contribution in [2.24, 2.45) is 5.41 Å². The Bertz CT molecular complexity index is 1130. The lowest BCUT2D eigenvalue weighted by Crippen LogP contribution is -2.54. The Kier molecular flexibility index (Phi) is 6.23. The van der Waals surface area contributed by atoms with Gasteiger partial charge < -0.3 is 14.5 Å². The number of carbonyl (C=O) groups is 1. The van der Waals surface area contributed by atoms with Crippen molar-refractivity contribution >= 4 is 5.91 Å². The van der Waals surface area contributed by atoms with Gasteiger partial charge >= 0.3 is 0 Å². The lowest BCUT2D eigenvalue weighted by Gasteiger charge is -2.43. The van der Waals surface area contributed by atoms with Crippen molar-refractivity contribution in [3.63, 3.8) is 0 Å². The number of aromatic nitrogens is 3. The van der Waals surface area contributed by atoms with Crippen molar-refractivity contribution in [2.45, 2.75) is 81.9 Å². The van der Waals surface area contributed by atoms with Crippen LogP contribution in [-0.4, -0.2) is 94.1 Å². The van der Waals surface area contributed by atoms with Gasteiger partial charge in [0.25, 0.3) is 0 Å². The number of ether oxygens (including phenoxy) is 1. The van der Waals surface area contributed by atoms with Gasteiger partial charge in [0, 0.05) is 50.9 Å². The summed E-state index contributed by atoms with van der Waals surface area (Å²) in [6, 6.07) is 8.91. The summed E-state index contributed by atoms with van der Waals surface area (Å²) in [5.41, 5.74) is 1.70. The van der Waals surface area contributed by atoms with Crippen LogP contribution in [0.5, 0.6) is 5.75 Å². The number of piperidine rings is 1. The van der Waals surface area contributed by atoms with E-state index < -0.39 is 0 Å². The van der Waals surface area contributed by atoms with Gasteiger partial charge in [-0.3, -0.25) is 9.69 Å². The highest BCUT2D eigenvalue weighted by molar-refractivity contribution is 5.84. The molecular formula is C30H42N6O2. The minimum atomic E-state index is -0.201. The van der Waals surface area contributed by atoms with Gasteiger partial charge in [0.15, 0.2) is 0 Å². The smallest absolute Gasteiger partial charge is 0.228 e. The number of hydrogen-bond donors (Lipinski definition) is 0. The molecule has 2 aromatic rings. The van der Waals surface area contributed by atoms with Gasteiger partial charge in [0.1, 0.15) is 11.4 Å². The summed E-state index contributed by atoms with van der Waals surface area (Å²) >= 11 is 0. The molecule has 0 unspecified atom stereocenters. The molecule has 2 bridgehead atoms. The van der Waals surface area contributed by atoms with E-state index >= 15 is 0 Å². The molecule has 7 rings (SSSR count). The van der Waals surface area contributed by atoms with Crippen LogP contribution in [0.1, 0.15) is 64.2 Å². The molecule has 3 saturated carbocycles. The van der Waals surface area contributed by atoms with E-state index in [4.69, 9.17) is 4.74 Å². The Morgan fingerprint density at radius 2 is 1.63 bits per heavy atom. The molecule has 1 aromatic heterocycles. The van der Waals surface area contributed by atoms with Crippen LogP contribution in [0, 0.1) is 5.41 Å². The fourth-order valence-corrected chi connectivity index (χ4v) is 7.75. The summed E-state index contributed by atoms with van der Waals surface area (Å²) < 4.78 is 8.11. The van der Waals surface area contributed by atoms with Crippen molar-refractivity contribution in [3.05, 3.63) is 30.5 Å². The maximum absolute atomic E-state index is 13.9. The molecule has 8 heteroatoms. The predicted molar refractivity (Wildman–Crippen MR) is 146 cm³/mol. The van der Waals surface area contributed by atoms with Gasteiger partial charge in [-0.1, -0.05) is 5.21 Å². The zero-order valence-corrected chi connectivity index (χ0v) is 22.9. The molecule has 5 aliphatic rings. The first kappa shape index (κ1) is 24.6. The number of rotatable bonds is 6. The van der Waals surface area contributed by atoms with Gasteiger partial charge in [0.2, 0.25) is 5.91 Å². The second-order valence-corrected chi connectivity index (χ2v) is 12.8. The summed E-state index contributed by atoms with van der Waals surface area (Å²) in [5.74, 6) is 1.35. The third-order valence-electron chi connectivity index (χ3n) is 10.5. The number of hydrogen-bond acceptors (Lipinski definition) is 6. The van der Waals surface area contributed by atoms with Crippen molar-refractivity contribution < 1.29 is 9.53 Å². The zero-order chi connectivity index (χ0) is 25.7. The van der Waals surface area contributed by atoms with E-state index in [0.29, 0.717) is 18.1 Å². The standard InChI is InChI=1S/C30H42N6O2/c1-33-17-19-34(20-18-33)24-9-15-35(16-10-24)28(37)29-11-13-30(22-29,14-12-29)36-21-27(31-32-36)23-5-7-26(8-6-23)38-25-3-2-4-25/h5-8,21,24-25H,2-4,9-20,22H2,1H3. The first-order valence-corrected chi connectivity index (χ1v) is 14.9. The number of amides is 1. The van der Waals surface area contributed by atoms with Gasteiger partial charge in [-0.15, -0.1) is 5.10 Å². The first-order chi connectivity index (χ1) is 18.5. The highest BCUT2D eigenvalue weighted by Crippen LogP contribution is 2.60. The number of fused-ring (bicyclic) bond motifs is 2. The van der Waals surface area contributed by atoms with Gasteiger partial charge in [-0.25, -0.2) is 4.68 Å². The Labute approximate surface area is 226 Å². The maximum atomic E-state index is 13.9. The second-order valence-electron chi connectivity index (χ2n) is 12.8. The molecule has 3 heterocycles. The van der Waals surface area contributed by atoms with Gasteiger partial charge in [-0.05, 0) is 95.5 Å². The molecule has 1 aromatic carbocycles. The quantitative estimate of drug-likeness (QED) is 0.580. The first-order valence-electron chi connectivity index (χ1n) is 14.9. The van der Waals surface area contributed by atoms with Crippen molar-refractivity contribution in [2.75, 3.05) is 46.3 Å². The number of likely N-dealkylation sites (tertiary alicyclic amines) is 1. The van der Waals surface area contributed by atoms with E-state index in [2.05, 4.69) is 55.1 Å². The van der Waals surface area contributed by atoms with E-state index in [1.807, 2.05) is 12.1 Å². The van der Waals surface area contributed by atoms with E-state index in [9.17, 15) is 4.79 Å². The Balaban J connectivity index is 0.981. The van der Waals surface area contributed by atoms with E-state index in [1.54, 1.807) is 0 Å². The van der Waals surface area contributed by atoms with Crippen LogP contribution in [0.4, 0.5) is 0 Å². The van der Waals surface area contributed by atoms with Crippen LogP contribution in [0.15, 0.2) is 30.5 Å². The molecule has 0 N–H and O–H groups in total. The van der Waals surface area contributed by atoms with Crippen molar-refractivity contribution in [1.82, 2.24) is 29.7 Å². The maximum Gasteiger partial charge on any atom is 0.228 e. The van der Waals surface area contributed by atoms with Crippen molar-refractivity contribution in [1.29, 1.82) is 0 Å². The summed E-state index contributed by atoms with van der Waals surface area (Å²) in [6.45, 7) is 6.49. The Morgan fingerprint density at radius 3 is 2.29 bits per heavy atom. The fraction of sp³-hybridized carbons (Fsp3) is 0.700. The average Bonchev–Trinajstić information content (AvgIpc) is 3.67. The van der Waals surface area contributed by atoms with Crippen LogP contribution in [0.2, 0.25) is 0 Å². The molecule has 0 radical (unpaired) electrons. The van der Waals surface area contributed by atoms with Crippen LogP contribution >= 0.6 is 0 Å². The normalized spacial score (nSPS) is 31.0. The Morgan fingerprint density at radius 1 is 0.921 bits per heavy atom. The van der Waals surface area contributed by atoms with E-state index in [1.165, 1.54) is 19.5 Å². The monoisotopic (exact) mass is 518 g/mol. The molecule has 0 atom stereocenters. The molecule has 5 fully saturated rings. The summed E-state index contributed by atoms with van der Waals surface area (Å²) in [7, 11) is 2.21. The fourth-order valence-electron chi connectivity index (χ4n) is 7.75. The SMILES string of the molecule is CN1CCN(C2CCN(C(=O)C34CCC(n5cc(-c6ccc(OC7CCC7)cc6)nn5)(CC3)C4)CC2)CC1. The third-order valence-corrected chi connectivity index (χ3v) is 10.5. The Hall–Kier alpha value is -2.45. The number of piperazine rings is 1. The van der Waals surface area contributed by atoms with Crippen LogP contribution < -0.4 is 4.74 Å². The topological polar surface area (TPSA) is 66.7 Å². The van der Waals surface area contributed by atoms with Crippen LogP contribution in [0.25, 0.3) is 11.3 Å². The highest BCUT2D eigenvalue weighted by Gasteiger charge is 2.60.